The van der Waals surface area contributed by atoms with Crippen molar-refractivity contribution in [3.8, 4) is 0 Å². The van der Waals surface area contributed by atoms with E-state index in [2.05, 4.69) is 56.0 Å². The number of hydrogen-bond acceptors (Lipinski definition) is 2. The Labute approximate surface area is 128 Å². The van der Waals surface area contributed by atoms with Crippen LogP contribution < -0.4 is 4.90 Å². The third-order valence-electron chi connectivity index (χ3n) is 4.60. The van der Waals surface area contributed by atoms with E-state index in [1.165, 1.54) is 5.69 Å². The molecule has 0 amide bonds. The molecule has 1 aromatic rings. The summed E-state index contributed by atoms with van der Waals surface area (Å²) in [5.74, 6) is 1.37. The molecule has 1 aromatic carbocycles. The van der Waals surface area contributed by atoms with Gasteiger partial charge in [0.15, 0.2) is 5.78 Å². The zero-order valence-electron chi connectivity index (χ0n) is 13.9. The number of rotatable bonds is 3. The van der Waals surface area contributed by atoms with Gasteiger partial charge in [-0.05, 0) is 54.0 Å². The molecule has 1 aliphatic carbocycles. The summed E-state index contributed by atoms with van der Waals surface area (Å²) in [6.07, 6.45) is 4.26. The molecule has 0 aliphatic heterocycles. The predicted octanol–water partition coefficient (Wildman–Crippen LogP) is 4.41. The maximum atomic E-state index is 12.7. The molecular weight excluding hydrogens is 258 g/mol. The molecule has 1 fully saturated rings. The molecule has 2 unspecified atom stereocenters. The van der Waals surface area contributed by atoms with Gasteiger partial charge in [0, 0.05) is 25.7 Å². The van der Waals surface area contributed by atoms with Gasteiger partial charge in [-0.1, -0.05) is 32.9 Å². The van der Waals surface area contributed by atoms with Crippen molar-refractivity contribution in [3.05, 3.63) is 35.4 Å². The Balaban J connectivity index is 2.26. The number of benzene rings is 1. The van der Waals surface area contributed by atoms with Crippen LogP contribution in [0.1, 0.15) is 39.2 Å². The first-order valence-electron chi connectivity index (χ1n) is 7.93. The van der Waals surface area contributed by atoms with Gasteiger partial charge in [0.25, 0.3) is 0 Å². The van der Waals surface area contributed by atoms with Crippen molar-refractivity contribution < 1.29 is 4.79 Å². The average molecular weight is 285 g/mol. The summed E-state index contributed by atoms with van der Waals surface area (Å²) >= 11 is 0. The molecule has 2 atom stereocenters. The van der Waals surface area contributed by atoms with Gasteiger partial charge in [0.2, 0.25) is 0 Å². The molecule has 2 rings (SSSR count). The summed E-state index contributed by atoms with van der Waals surface area (Å²) in [5.41, 5.74) is 3.32. The predicted molar refractivity (Wildman–Crippen MR) is 90.5 cm³/mol. The number of carbonyl (C=O) groups is 1. The summed E-state index contributed by atoms with van der Waals surface area (Å²) in [6.45, 7) is 6.48. The van der Waals surface area contributed by atoms with Crippen LogP contribution >= 0.6 is 0 Å². The van der Waals surface area contributed by atoms with E-state index in [0.717, 1.165) is 24.0 Å². The Morgan fingerprint density at radius 2 is 1.76 bits per heavy atom. The van der Waals surface area contributed by atoms with Gasteiger partial charge in [0.1, 0.15) is 0 Å². The number of allylic oxidation sites excluding steroid dienone is 1. The fraction of sp³-hybridized carbons (Fsp3) is 0.526. The van der Waals surface area contributed by atoms with Crippen LogP contribution in [0, 0.1) is 17.8 Å². The molecular formula is C19H27NO. The molecule has 0 N–H and O–H groups in total. The van der Waals surface area contributed by atoms with Crippen LogP contribution in [0.25, 0.3) is 6.08 Å². The first-order valence-corrected chi connectivity index (χ1v) is 7.93. The zero-order valence-corrected chi connectivity index (χ0v) is 13.9. The highest BCUT2D eigenvalue weighted by Gasteiger charge is 2.32. The third-order valence-corrected chi connectivity index (χ3v) is 4.60. The lowest BCUT2D eigenvalue weighted by Gasteiger charge is -2.30. The number of hydrogen-bond donors (Lipinski definition) is 0. The van der Waals surface area contributed by atoms with Crippen molar-refractivity contribution in [1.82, 2.24) is 0 Å². The fourth-order valence-corrected chi connectivity index (χ4v) is 3.07. The van der Waals surface area contributed by atoms with E-state index in [4.69, 9.17) is 0 Å². The second-order valence-corrected chi connectivity index (χ2v) is 6.78. The highest BCUT2D eigenvalue weighted by Crippen LogP contribution is 2.35. The minimum Gasteiger partial charge on any atom is -0.378 e. The van der Waals surface area contributed by atoms with Crippen molar-refractivity contribution >= 4 is 17.5 Å². The second-order valence-electron chi connectivity index (χ2n) is 6.78. The van der Waals surface area contributed by atoms with E-state index in [1.807, 2.05) is 14.1 Å². The van der Waals surface area contributed by atoms with Gasteiger partial charge >= 0.3 is 0 Å². The molecule has 21 heavy (non-hydrogen) atoms. The van der Waals surface area contributed by atoms with Crippen LogP contribution in [-0.4, -0.2) is 19.9 Å². The lowest BCUT2D eigenvalue weighted by Crippen LogP contribution is -2.30. The molecule has 1 saturated carbocycles. The molecule has 0 bridgehead atoms. The van der Waals surface area contributed by atoms with Crippen molar-refractivity contribution in [2.24, 2.45) is 17.8 Å². The molecule has 0 heterocycles. The van der Waals surface area contributed by atoms with Crippen LogP contribution in [0.3, 0.4) is 0 Å². The Morgan fingerprint density at radius 1 is 1.14 bits per heavy atom. The summed E-state index contributed by atoms with van der Waals surface area (Å²) < 4.78 is 0. The van der Waals surface area contributed by atoms with Gasteiger partial charge in [-0.2, -0.15) is 0 Å². The van der Waals surface area contributed by atoms with Crippen LogP contribution in [0.4, 0.5) is 5.69 Å². The van der Waals surface area contributed by atoms with Gasteiger partial charge in [-0.3, -0.25) is 4.79 Å². The largest absolute Gasteiger partial charge is 0.378 e. The van der Waals surface area contributed by atoms with Crippen molar-refractivity contribution in [2.75, 3.05) is 19.0 Å². The molecule has 2 nitrogen and oxygen atoms in total. The Bertz CT molecular complexity index is 525. The molecule has 1 aliphatic rings. The maximum Gasteiger partial charge on any atom is 0.162 e. The number of Topliss-reactive ketones (excluding diaryl/α,β-unsaturated/α-hetero) is 1. The minimum absolute atomic E-state index is 0.202. The highest BCUT2D eigenvalue weighted by molar-refractivity contribution is 6.02. The Morgan fingerprint density at radius 3 is 2.29 bits per heavy atom. The number of ketones is 1. The van der Waals surface area contributed by atoms with E-state index in [0.29, 0.717) is 17.6 Å². The zero-order chi connectivity index (χ0) is 15.6. The van der Waals surface area contributed by atoms with Crippen LogP contribution in [0.15, 0.2) is 29.8 Å². The Hall–Kier alpha value is -1.57. The van der Waals surface area contributed by atoms with E-state index in [9.17, 15) is 4.79 Å². The van der Waals surface area contributed by atoms with Crippen LogP contribution in [-0.2, 0) is 4.79 Å². The SMILES string of the molecule is CC1CCC(C(C)C)C(=O)/C1=C/c1ccc(N(C)C)cc1. The lowest BCUT2D eigenvalue weighted by molar-refractivity contribution is -0.122. The number of anilines is 1. The first-order chi connectivity index (χ1) is 9.90. The molecule has 0 spiro atoms. The average Bonchev–Trinajstić information content (AvgIpc) is 2.43. The van der Waals surface area contributed by atoms with E-state index in [1.54, 1.807) is 0 Å². The molecule has 0 aromatic heterocycles. The summed E-state index contributed by atoms with van der Waals surface area (Å²) in [4.78, 5) is 14.8. The van der Waals surface area contributed by atoms with Gasteiger partial charge in [-0.25, -0.2) is 0 Å². The second kappa shape index (κ2) is 6.46. The smallest absolute Gasteiger partial charge is 0.162 e. The number of carbonyl (C=O) groups excluding carboxylic acids is 1. The van der Waals surface area contributed by atoms with Crippen molar-refractivity contribution in [2.45, 2.75) is 33.6 Å². The third kappa shape index (κ3) is 3.55. The monoisotopic (exact) mass is 285 g/mol. The topological polar surface area (TPSA) is 20.3 Å². The first kappa shape index (κ1) is 15.8. The molecule has 114 valence electrons. The Kier molecular flexibility index (Phi) is 4.87. The summed E-state index contributed by atoms with van der Waals surface area (Å²) in [6, 6.07) is 8.40. The fourth-order valence-electron chi connectivity index (χ4n) is 3.07. The molecule has 0 radical (unpaired) electrons. The quantitative estimate of drug-likeness (QED) is 0.767. The van der Waals surface area contributed by atoms with Gasteiger partial charge < -0.3 is 4.90 Å². The van der Waals surface area contributed by atoms with Gasteiger partial charge in [-0.15, -0.1) is 0 Å². The van der Waals surface area contributed by atoms with Gasteiger partial charge in [0.05, 0.1) is 0 Å². The summed E-state index contributed by atoms with van der Waals surface area (Å²) in [5, 5.41) is 0. The normalized spacial score (nSPS) is 24.7. The maximum absolute atomic E-state index is 12.7. The highest BCUT2D eigenvalue weighted by atomic mass is 16.1. The molecule has 2 heteroatoms. The van der Waals surface area contributed by atoms with E-state index >= 15 is 0 Å². The minimum atomic E-state index is 0.202. The lowest BCUT2D eigenvalue weighted by atomic mass is 9.73. The standard InChI is InChI=1S/C19H27NO/c1-13(2)17-11-6-14(3)18(19(17)21)12-15-7-9-16(10-8-15)20(4)5/h7-10,12-14,17H,6,11H2,1-5H3/b18-12+. The van der Waals surface area contributed by atoms with E-state index < -0.39 is 0 Å². The number of nitrogens with zero attached hydrogens (tertiary/aromatic N) is 1. The van der Waals surface area contributed by atoms with E-state index in [-0.39, 0.29) is 5.92 Å². The van der Waals surface area contributed by atoms with Crippen LogP contribution in [0.5, 0.6) is 0 Å². The van der Waals surface area contributed by atoms with Crippen LogP contribution in [0.2, 0.25) is 0 Å². The van der Waals surface area contributed by atoms with Crippen molar-refractivity contribution in [3.63, 3.8) is 0 Å². The van der Waals surface area contributed by atoms with Crippen molar-refractivity contribution in [1.29, 1.82) is 0 Å². The summed E-state index contributed by atoms with van der Waals surface area (Å²) in [7, 11) is 4.07. The molecule has 0 saturated heterocycles.